The molecule has 0 bridgehead atoms. The second-order valence-corrected chi connectivity index (χ2v) is 7.46. The van der Waals surface area contributed by atoms with Crippen LogP contribution in [0, 0.1) is 5.82 Å². The first kappa shape index (κ1) is 18.3. The highest BCUT2D eigenvalue weighted by molar-refractivity contribution is 8.26. The number of rotatable bonds is 3. The van der Waals surface area contributed by atoms with Crippen molar-refractivity contribution >= 4 is 51.9 Å². The number of hydrogen-bond acceptors (Lipinski definition) is 5. The lowest BCUT2D eigenvalue weighted by Crippen LogP contribution is -2.35. The lowest BCUT2D eigenvalue weighted by Gasteiger charge is -2.13. The van der Waals surface area contributed by atoms with Crippen LogP contribution in [0.2, 0.25) is 0 Å². The SMILES string of the molecule is CN(C)c1ccc(C=C2SC(=S)N(C(=O)c3ccccc3F)C2=O)cc1. The predicted octanol–water partition coefficient (Wildman–Crippen LogP) is 3.93. The summed E-state index contributed by atoms with van der Waals surface area (Å²) >= 11 is 6.19. The van der Waals surface area contributed by atoms with E-state index in [0.29, 0.717) is 4.91 Å². The van der Waals surface area contributed by atoms with Gasteiger partial charge in [-0.15, -0.1) is 0 Å². The Hall–Kier alpha value is -2.51. The van der Waals surface area contributed by atoms with Gasteiger partial charge in [0.2, 0.25) is 0 Å². The molecule has 1 aliphatic heterocycles. The number of carbonyl (C=O) groups is 2. The molecule has 7 heteroatoms. The predicted molar refractivity (Wildman–Crippen MR) is 107 cm³/mol. The Labute approximate surface area is 160 Å². The maximum Gasteiger partial charge on any atom is 0.273 e. The summed E-state index contributed by atoms with van der Waals surface area (Å²) in [5.41, 5.74) is 1.67. The van der Waals surface area contributed by atoms with E-state index in [9.17, 15) is 14.0 Å². The van der Waals surface area contributed by atoms with Gasteiger partial charge in [0.1, 0.15) is 5.82 Å². The van der Waals surface area contributed by atoms with Crippen molar-refractivity contribution in [3.8, 4) is 0 Å². The maximum atomic E-state index is 13.9. The summed E-state index contributed by atoms with van der Waals surface area (Å²) in [6, 6.07) is 13.1. The summed E-state index contributed by atoms with van der Waals surface area (Å²) < 4.78 is 14.0. The van der Waals surface area contributed by atoms with E-state index in [2.05, 4.69) is 0 Å². The lowest BCUT2D eigenvalue weighted by atomic mass is 10.1. The van der Waals surface area contributed by atoms with Crippen molar-refractivity contribution in [2.24, 2.45) is 0 Å². The Morgan fingerprint density at radius 3 is 2.42 bits per heavy atom. The van der Waals surface area contributed by atoms with Crippen molar-refractivity contribution in [2.75, 3.05) is 19.0 Å². The van der Waals surface area contributed by atoms with Gasteiger partial charge in [-0.1, -0.05) is 48.2 Å². The minimum atomic E-state index is -0.753. The van der Waals surface area contributed by atoms with Crippen LogP contribution in [-0.2, 0) is 4.79 Å². The highest BCUT2D eigenvalue weighted by atomic mass is 32.2. The zero-order valence-electron chi connectivity index (χ0n) is 14.1. The zero-order valence-corrected chi connectivity index (χ0v) is 15.7. The molecule has 0 aromatic heterocycles. The zero-order chi connectivity index (χ0) is 18.8. The smallest absolute Gasteiger partial charge is 0.273 e. The van der Waals surface area contributed by atoms with Crippen molar-refractivity contribution in [3.63, 3.8) is 0 Å². The number of amides is 2. The number of hydrogen-bond donors (Lipinski definition) is 0. The van der Waals surface area contributed by atoms with Gasteiger partial charge in [-0.2, -0.15) is 0 Å². The number of imide groups is 1. The molecule has 0 aliphatic carbocycles. The summed E-state index contributed by atoms with van der Waals surface area (Å²) in [6.07, 6.45) is 1.67. The molecule has 0 N–H and O–H groups in total. The molecule has 2 aromatic rings. The molecule has 0 unspecified atom stereocenters. The number of thioether (sulfide) groups is 1. The summed E-state index contributed by atoms with van der Waals surface area (Å²) in [4.78, 5) is 28.3. The molecule has 1 heterocycles. The van der Waals surface area contributed by atoms with Crippen LogP contribution in [0.15, 0.2) is 53.4 Å². The molecule has 4 nitrogen and oxygen atoms in total. The van der Waals surface area contributed by atoms with Gasteiger partial charge in [-0.05, 0) is 35.9 Å². The minimum absolute atomic E-state index is 0.0967. The third-order valence-corrected chi connectivity index (χ3v) is 5.11. The van der Waals surface area contributed by atoms with E-state index >= 15 is 0 Å². The topological polar surface area (TPSA) is 40.6 Å². The van der Waals surface area contributed by atoms with Crippen LogP contribution in [0.25, 0.3) is 6.08 Å². The number of halogens is 1. The first-order valence-corrected chi connectivity index (χ1v) is 8.95. The molecular weight excluding hydrogens is 371 g/mol. The van der Waals surface area contributed by atoms with Gasteiger partial charge < -0.3 is 4.90 Å². The van der Waals surface area contributed by atoms with Gasteiger partial charge in [0.15, 0.2) is 4.32 Å². The van der Waals surface area contributed by atoms with E-state index in [-0.39, 0.29) is 9.88 Å². The molecule has 1 aliphatic rings. The largest absolute Gasteiger partial charge is 0.378 e. The number of anilines is 1. The van der Waals surface area contributed by atoms with Gasteiger partial charge in [0.05, 0.1) is 10.5 Å². The molecule has 0 spiro atoms. The van der Waals surface area contributed by atoms with Crippen molar-refractivity contribution in [2.45, 2.75) is 0 Å². The highest BCUT2D eigenvalue weighted by Gasteiger charge is 2.38. The number of thiocarbonyl (C=S) groups is 1. The Balaban J connectivity index is 1.87. The lowest BCUT2D eigenvalue weighted by molar-refractivity contribution is -0.120. The second kappa shape index (κ2) is 7.39. The standard InChI is InChI=1S/C19H15FN2O2S2/c1-21(2)13-9-7-12(8-10-13)11-16-18(24)22(19(25)26-16)17(23)14-5-3-4-6-15(14)20/h3-11H,1-2H3. The van der Waals surface area contributed by atoms with Gasteiger partial charge in [-0.3, -0.25) is 9.59 Å². The summed E-state index contributed by atoms with van der Waals surface area (Å²) in [5.74, 6) is -1.98. The minimum Gasteiger partial charge on any atom is -0.378 e. The average Bonchev–Trinajstić information content (AvgIpc) is 2.89. The Morgan fingerprint density at radius 2 is 1.81 bits per heavy atom. The number of carbonyl (C=O) groups excluding carboxylic acids is 2. The summed E-state index contributed by atoms with van der Waals surface area (Å²) in [7, 11) is 3.88. The Kier molecular flexibility index (Phi) is 5.20. The molecule has 26 heavy (non-hydrogen) atoms. The van der Waals surface area contributed by atoms with E-state index < -0.39 is 17.6 Å². The second-order valence-electron chi connectivity index (χ2n) is 5.79. The molecule has 1 saturated heterocycles. The van der Waals surface area contributed by atoms with Gasteiger partial charge in [0.25, 0.3) is 11.8 Å². The van der Waals surface area contributed by atoms with Crippen molar-refractivity contribution < 1.29 is 14.0 Å². The molecule has 132 valence electrons. The summed E-state index contributed by atoms with van der Waals surface area (Å²) in [5, 5.41) is 0. The molecular formula is C19H15FN2O2S2. The summed E-state index contributed by atoms with van der Waals surface area (Å²) in [6.45, 7) is 0. The van der Waals surface area contributed by atoms with Crippen molar-refractivity contribution in [1.82, 2.24) is 4.90 Å². The monoisotopic (exact) mass is 386 g/mol. The van der Waals surface area contributed by atoms with Crippen LogP contribution < -0.4 is 4.90 Å². The van der Waals surface area contributed by atoms with E-state index in [1.807, 2.05) is 43.3 Å². The third-order valence-electron chi connectivity index (χ3n) is 3.81. The fraction of sp³-hybridized carbons (Fsp3) is 0.105. The van der Waals surface area contributed by atoms with E-state index in [0.717, 1.165) is 27.9 Å². The molecule has 0 radical (unpaired) electrons. The molecule has 0 atom stereocenters. The normalized spacial score (nSPS) is 15.7. The fourth-order valence-electron chi connectivity index (χ4n) is 2.42. The molecule has 2 aromatic carbocycles. The van der Waals surface area contributed by atoms with E-state index in [4.69, 9.17) is 12.2 Å². The molecule has 1 fully saturated rings. The molecule has 3 rings (SSSR count). The number of benzene rings is 2. The van der Waals surface area contributed by atoms with E-state index in [1.54, 1.807) is 6.08 Å². The van der Waals surface area contributed by atoms with Crippen LogP contribution in [0.5, 0.6) is 0 Å². The first-order chi connectivity index (χ1) is 12.4. The molecule has 2 amide bonds. The average molecular weight is 386 g/mol. The third kappa shape index (κ3) is 3.54. The fourth-order valence-corrected chi connectivity index (χ4v) is 3.67. The molecule has 0 saturated carbocycles. The Bertz CT molecular complexity index is 923. The maximum absolute atomic E-state index is 13.9. The van der Waals surface area contributed by atoms with Crippen LogP contribution in [0.1, 0.15) is 15.9 Å². The first-order valence-electron chi connectivity index (χ1n) is 7.72. The van der Waals surface area contributed by atoms with E-state index in [1.165, 1.54) is 24.3 Å². The highest BCUT2D eigenvalue weighted by Crippen LogP contribution is 2.34. The Morgan fingerprint density at radius 1 is 1.15 bits per heavy atom. The van der Waals surface area contributed by atoms with Crippen LogP contribution >= 0.6 is 24.0 Å². The quantitative estimate of drug-likeness (QED) is 0.454. The van der Waals surface area contributed by atoms with Crippen molar-refractivity contribution in [3.05, 3.63) is 70.4 Å². The van der Waals surface area contributed by atoms with Crippen LogP contribution in [0.3, 0.4) is 0 Å². The van der Waals surface area contributed by atoms with Crippen LogP contribution in [-0.4, -0.2) is 35.1 Å². The number of nitrogens with zero attached hydrogens (tertiary/aromatic N) is 2. The van der Waals surface area contributed by atoms with Crippen molar-refractivity contribution in [1.29, 1.82) is 0 Å². The van der Waals surface area contributed by atoms with Gasteiger partial charge >= 0.3 is 0 Å². The van der Waals surface area contributed by atoms with Gasteiger partial charge in [-0.25, -0.2) is 9.29 Å². The van der Waals surface area contributed by atoms with Crippen LogP contribution in [0.4, 0.5) is 10.1 Å². The van der Waals surface area contributed by atoms with Gasteiger partial charge in [0, 0.05) is 19.8 Å².